The van der Waals surface area contributed by atoms with Gasteiger partial charge < -0.3 is 15.5 Å². The Morgan fingerprint density at radius 2 is 2.12 bits per heavy atom. The van der Waals surface area contributed by atoms with Gasteiger partial charge >= 0.3 is 0 Å². The largest absolute Gasteiger partial charge is 0.355 e. The fourth-order valence-corrected chi connectivity index (χ4v) is 3.31. The lowest BCUT2D eigenvalue weighted by atomic mass is 10.1. The summed E-state index contributed by atoms with van der Waals surface area (Å²) >= 11 is 0. The van der Waals surface area contributed by atoms with Crippen molar-refractivity contribution in [2.24, 2.45) is 0 Å². The van der Waals surface area contributed by atoms with Gasteiger partial charge in [0.1, 0.15) is 11.6 Å². The van der Waals surface area contributed by atoms with Crippen molar-refractivity contribution in [3.05, 3.63) is 41.3 Å². The molecule has 1 saturated heterocycles. The lowest BCUT2D eigenvalue weighted by Gasteiger charge is -2.33. The van der Waals surface area contributed by atoms with Gasteiger partial charge in [-0.1, -0.05) is 19.4 Å². The summed E-state index contributed by atoms with van der Waals surface area (Å²) in [7, 11) is 2.01. The summed E-state index contributed by atoms with van der Waals surface area (Å²) in [5.74, 6) is 1.24. The number of anilines is 3. The van der Waals surface area contributed by atoms with Crippen LogP contribution in [0.5, 0.6) is 0 Å². The monoisotopic (exact) mass is 357 g/mol. The van der Waals surface area contributed by atoms with E-state index in [1.54, 1.807) is 13.0 Å². The number of rotatable bonds is 6. The van der Waals surface area contributed by atoms with Crippen molar-refractivity contribution in [3.63, 3.8) is 0 Å². The van der Waals surface area contributed by atoms with Crippen molar-refractivity contribution in [2.75, 3.05) is 30.4 Å². The Morgan fingerprint density at radius 1 is 1.27 bits per heavy atom. The first-order chi connectivity index (χ1) is 12.6. The second-order valence-electron chi connectivity index (χ2n) is 6.95. The van der Waals surface area contributed by atoms with Crippen LogP contribution >= 0.6 is 0 Å². The molecular weight excluding hydrogens is 329 g/mol. The Kier molecular flexibility index (Phi) is 6.04. The van der Waals surface area contributed by atoms with E-state index in [0.717, 1.165) is 43.9 Å². The fourth-order valence-electron chi connectivity index (χ4n) is 3.31. The van der Waals surface area contributed by atoms with Crippen molar-refractivity contribution in [1.82, 2.24) is 15.3 Å². The maximum Gasteiger partial charge on any atom is 0.229 e. The number of likely N-dealkylation sites (N-methyl/N-ethyl adjacent to an activating group) is 1. The van der Waals surface area contributed by atoms with Crippen LogP contribution in [0.3, 0.4) is 0 Å². The minimum atomic E-state index is -0.229. The molecule has 1 aliphatic heterocycles. The predicted molar refractivity (Wildman–Crippen MR) is 105 cm³/mol. The summed E-state index contributed by atoms with van der Waals surface area (Å²) in [4.78, 5) is 11.6. The summed E-state index contributed by atoms with van der Waals surface area (Å²) in [5, 5.41) is 6.54. The van der Waals surface area contributed by atoms with Crippen LogP contribution in [0.2, 0.25) is 0 Å². The molecule has 1 aliphatic rings. The Bertz CT molecular complexity index is 749. The van der Waals surface area contributed by atoms with Crippen molar-refractivity contribution in [1.29, 1.82) is 0 Å². The van der Waals surface area contributed by atoms with Gasteiger partial charge in [0.05, 0.1) is 0 Å². The van der Waals surface area contributed by atoms with Crippen molar-refractivity contribution in [2.45, 2.75) is 45.6 Å². The maximum atomic E-state index is 13.8. The van der Waals surface area contributed by atoms with Crippen LogP contribution in [0, 0.1) is 12.7 Å². The normalized spacial score (nSPS) is 17.4. The average Bonchev–Trinajstić information content (AvgIpc) is 2.65. The highest BCUT2D eigenvalue weighted by Gasteiger charge is 2.20. The molecule has 140 valence electrons. The van der Waals surface area contributed by atoms with Crippen molar-refractivity contribution >= 4 is 17.5 Å². The van der Waals surface area contributed by atoms with Crippen molar-refractivity contribution in [3.8, 4) is 0 Å². The zero-order valence-corrected chi connectivity index (χ0v) is 15.8. The molecule has 1 fully saturated rings. The summed E-state index contributed by atoms with van der Waals surface area (Å²) in [5.41, 5.74) is 2.31. The molecule has 0 amide bonds. The zero-order valence-electron chi connectivity index (χ0n) is 15.8. The number of hydrogen-bond acceptors (Lipinski definition) is 5. The van der Waals surface area contributed by atoms with Crippen LogP contribution < -0.4 is 15.5 Å². The number of nitrogens with zero attached hydrogens (tertiary/aromatic N) is 3. The van der Waals surface area contributed by atoms with Crippen molar-refractivity contribution < 1.29 is 4.39 Å². The highest BCUT2D eigenvalue weighted by Crippen LogP contribution is 2.23. The molecule has 2 N–H and O–H groups in total. The standard InChI is InChI=1S/C20H28FN5/c1-4-6-15-12-19(26-10-5-7-17(13-26)22-3)25-20(23-15)24-16-9-8-14(2)18(21)11-16/h8-9,11-12,17,22H,4-7,10,13H2,1-3H3,(H,23,24,25)/t17-/m1/s1. The summed E-state index contributed by atoms with van der Waals surface area (Å²) < 4.78 is 13.8. The molecule has 0 spiro atoms. The Balaban J connectivity index is 1.86. The molecular formula is C20H28FN5. The van der Waals surface area contributed by atoms with E-state index in [-0.39, 0.29) is 5.82 Å². The first-order valence-electron chi connectivity index (χ1n) is 9.42. The Hall–Kier alpha value is -2.21. The van der Waals surface area contributed by atoms with E-state index in [1.165, 1.54) is 12.5 Å². The quantitative estimate of drug-likeness (QED) is 0.823. The summed E-state index contributed by atoms with van der Waals surface area (Å²) in [6, 6.07) is 7.67. The molecule has 0 radical (unpaired) electrons. The van der Waals surface area contributed by atoms with Gasteiger partial charge in [-0.25, -0.2) is 9.37 Å². The van der Waals surface area contributed by atoms with Crippen LogP contribution in [-0.2, 0) is 6.42 Å². The lowest BCUT2D eigenvalue weighted by Crippen LogP contribution is -2.44. The number of benzene rings is 1. The SMILES string of the molecule is CCCc1cc(N2CCC[C@@H](NC)C2)nc(Nc2ccc(C)c(F)c2)n1. The Labute approximate surface area is 155 Å². The number of nitrogens with one attached hydrogen (secondary N) is 2. The molecule has 0 aliphatic carbocycles. The van der Waals surface area contributed by atoms with Crippen LogP contribution in [0.1, 0.15) is 37.4 Å². The van der Waals surface area contributed by atoms with E-state index < -0.39 is 0 Å². The molecule has 3 rings (SSSR count). The first-order valence-corrected chi connectivity index (χ1v) is 9.42. The third-order valence-corrected chi connectivity index (χ3v) is 4.85. The van der Waals surface area contributed by atoms with Gasteiger partial charge in [0.25, 0.3) is 0 Å². The van der Waals surface area contributed by atoms with Crippen LogP contribution in [0.15, 0.2) is 24.3 Å². The molecule has 0 saturated carbocycles. The predicted octanol–water partition coefficient (Wildman–Crippen LogP) is 3.81. The lowest BCUT2D eigenvalue weighted by molar-refractivity contribution is 0.447. The van der Waals surface area contributed by atoms with E-state index in [1.807, 2.05) is 13.1 Å². The Morgan fingerprint density at radius 3 is 2.85 bits per heavy atom. The molecule has 26 heavy (non-hydrogen) atoms. The number of halogens is 1. The van der Waals surface area contributed by atoms with Gasteiger partial charge in [0.2, 0.25) is 5.95 Å². The molecule has 2 heterocycles. The molecule has 1 atom stereocenters. The smallest absolute Gasteiger partial charge is 0.229 e. The van der Waals surface area contributed by atoms with E-state index >= 15 is 0 Å². The van der Waals surface area contributed by atoms with E-state index in [2.05, 4.69) is 33.5 Å². The van der Waals surface area contributed by atoms with E-state index in [4.69, 9.17) is 4.98 Å². The van der Waals surface area contributed by atoms with Gasteiger partial charge in [-0.05, 0) is 50.9 Å². The summed E-state index contributed by atoms with van der Waals surface area (Å²) in [6.45, 7) is 5.84. The third kappa shape index (κ3) is 4.49. The highest BCUT2D eigenvalue weighted by atomic mass is 19.1. The number of piperidine rings is 1. The fraction of sp³-hybridized carbons (Fsp3) is 0.500. The average molecular weight is 357 g/mol. The minimum absolute atomic E-state index is 0.229. The topological polar surface area (TPSA) is 53.1 Å². The number of aromatic nitrogens is 2. The van der Waals surface area contributed by atoms with Gasteiger partial charge in [-0.2, -0.15) is 4.98 Å². The molecule has 6 heteroatoms. The minimum Gasteiger partial charge on any atom is -0.355 e. The number of aryl methyl sites for hydroxylation is 2. The molecule has 0 bridgehead atoms. The molecule has 5 nitrogen and oxygen atoms in total. The first kappa shape index (κ1) is 18.6. The van der Waals surface area contributed by atoms with Crippen LogP contribution in [-0.4, -0.2) is 36.1 Å². The van der Waals surface area contributed by atoms with Gasteiger partial charge in [0, 0.05) is 36.6 Å². The highest BCUT2D eigenvalue weighted by molar-refractivity contribution is 5.56. The molecule has 2 aromatic rings. The second kappa shape index (κ2) is 8.45. The van der Waals surface area contributed by atoms with Gasteiger partial charge in [0.15, 0.2) is 0 Å². The molecule has 0 unspecified atom stereocenters. The maximum absolute atomic E-state index is 13.8. The summed E-state index contributed by atoms with van der Waals surface area (Å²) in [6.07, 6.45) is 4.25. The van der Waals surface area contributed by atoms with E-state index in [0.29, 0.717) is 23.2 Å². The van der Waals surface area contributed by atoms with Gasteiger partial charge in [-0.15, -0.1) is 0 Å². The second-order valence-corrected chi connectivity index (χ2v) is 6.95. The van der Waals surface area contributed by atoms with Crippen LogP contribution in [0.25, 0.3) is 0 Å². The zero-order chi connectivity index (χ0) is 18.5. The molecule has 1 aromatic heterocycles. The third-order valence-electron chi connectivity index (χ3n) is 4.85. The van der Waals surface area contributed by atoms with E-state index in [9.17, 15) is 4.39 Å². The number of hydrogen-bond donors (Lipinski definition) is 2. The van der Waals surface area contributed by atoms with Gasteiger partial charge in [-0.3, -0.25) is 0 Å². The van der Waals surface area contributed by atoms with Crippen LogP contribution in [0.4, 0.5) is 21.8 Å². The molecule has 1 aromatic carbocycles.